The zero-order chi connectivity index (χ0) is 9.42. The predicted molar refractivity (Wildman–Crippen MR) is 56.0 cm³/mol. The minimum Gasteiger partial charge on any atom is -0.371 e. The van der Waals surface area contributed by atoms with Crippen molar-refractivity contribution in [2.75, 3.05) is 0 Å². The first kappa shape index (κ1) is 9.04. The molecule has 0 amide bonds. The van der Waals surface area contributed by atoms with Crippen LogP contribution in [0, 0.1) is 11.8 Å². The van der Waals surface area contributed by atoms with E-state index in [0.29, 0.717) is 12.1 Å². The summed E-state index contributed by atoms with van der Waals surface area (Å²) in [6.45, 7) is 6.81. The average Bonchev–Trinajstić information content (AvgIpc) is 2.09. The molecule has 1 fully saturated rings. The van der Waals surface area contributed by atoms with E-state index in [0.717, 1.165) is 18.3 Å². The normalized spacial score (nSPS) is 43.8. The van der Waals surface area contributed by atoms with Crippen molar-refractivity contribution in [2.24, 2.45) is 16.8 Å². The van der Waals surface area contributed by atoms with Crippen LogP contribution >= 0.6 is 0 Å². The molecule has 4 unspecified atom stereocenters. The second kappa shape index (κ2) is 3.32. The Morgan fingerprint density at radius 3 is 2.77 bits per heavy atom. The molecule has 3 aliphatic rings. The van der Waals surface area contributed by atoms with Crippen LogP contribution in [0.25, 0.3) is 0 Å². The van der Waals surface area contributed by atoms with E-state index in [-0.39, 0.29) is 0 Å². The second-order valence-corrected chi connectivity index (χ2v) is 4.63. The van der Waals surface area contributed by atoms with E-state index in [2.05, 4.69) is 26.1 Å². The Kier molecular flexibility index (Phi) is 2.31. The maximum Gasteiger partial charge on any atom is 0.0965 e. The minimum absolute atomic E-state index is 0.618. The van der Waals surface area contributed by atoms with Crippen LogP contribution in [-0.4, -0.2) is 17.9 Å². The van der Waals surface area contributed by atoms with Gasteiger partial charge in [0.1, 0.15) is 0 Å². The van der Waals surface area contributed by atoms with Crippen molar-refractivity contribution in [2.45, 2.75) is 52.1 Å². The number of hydrogen-bond acceptors (Lipinski definition) is 2. The quantitative estimate of drug-likeness (QED) is 0.657. The molecule has 3 rings (SSSR count). The molecule has 0 aromatic rings. The first-order valence-electron chi connectivity index (χ1n) is 5.54. The van der Waals surface area contributed by atoms with Crippen LogP contribution in [-0.2, 0) is 0 Å². The summed E-state index contributed by atoms with van der Waals surface area (Å²) in [5.74, 6) is 2.98. The van der Waals surface area contributed by atoms with Crippen LogP contribution in [0.3, 0.4) is 0 Å². The predicted octanol–water partition coefficient (Wildman–Crippen LogP) is 2.20. The van der Waals surface area contributed by atoms with E-state index < -0.39 is 0 Å². The first-order chi connectivity index (χ1) is 6.20. The molecule has 2 nitrogen and oxygen atoms in total. The molecular formula is C11H20N2. The van der Waals surface area contributed by atoms with Gasteiger partial charge in [-0.25, -0.2) is 0 Å². The maximum absolute atomic E-state index is 4.76. The monoisotopic (exact) mass is 180 g/mol. The lowest BCUT2D eigenvalue weighted by molar-refractivity contribution is 0.129. The SMILES string of the molecule is CCC1=NC2CC(CC(C)N1)C2C. The highest BCUT2D eigenvalue weighted by molar-refractivity contribution is 5.82. The lowest BCUT2D eigenvalue weighted by atomic mass is 9.67. The second-order valence-electron chi connectivity index (χ2n) is 4.63. The van der Waals surface area contributed by atoms with Crippen molar-refractivity contribution in [3.8, 4) is 0 Å². The molecule has 0 aromatic carbocycles. The summed E-state index contributed by atoms with van der Waals surface area (Å²) >= 11 is 0. The Bertz CT molecular complexity index is 222. The molecule has 2 heteroatoms. The lowest BCUT2D eigenvalue weighted by Gasteiger charge is -2.44. The van der Waals surface area contributed by atoms with Gasteiger partial charge in [-0.3, -0.25) is 4.99 Å². The summed E-state index contributed by atoms with van der Waals surface area (Å²) in [6.07, 6.45) is 3.71. The number of nitrogens with one attached hydrogen (secondary N) is 1. The number of fused-ring (bicyclic) bond motifs is 3. The van der Waals surface area contributed by atoms with Crippen LogP contribution in [0.15, 0.2) is 4.99 Å². The Morgan fingerprint density at radius 1 is 1.38 bits per heavy atom. The third-order valence-electron chi connectivity index (χ3n) is 3.62. The Morgan fingerprint density at radius 2 is 2.15 bits per heavy atom. The fraction of sp³-hybridized carbons (Fsp3) is 0.909. The molecule has 1 saturated carbocycles. The van der Waals surface area contributed by atoms with Crippen molar-refractivity contribution in [1.29, 1.82) is 0 Å². The lowest BCUT2D eigenvalue weighted by Crippen LogP contribution is -2.47. The molecule has 0 spiro atoms. The van der Waals surface area contributed by atoms with Crippen LogP contribution in [0.4, 0.5) is 0 Å². The number of nitrogens with zero attached hydrogens (tertiary/aromatic N) is 1. The van der Waals surface area contributed by atoms with E-state index in [1.165, 1.54) is 18.7 Å². The van der Waals surface area contributed by atoms with E-state index in [1.54, 1.807) is 0 Å². The van der Waals surface area contributed by atoms with E-state index in [9.17, 15) is 0 Å². The molecule has 0 aromatic heterocycles. The summed E-state index contributed by atoms with van der Waals surface area (Å²) in [4.78, 5) is 4.76. The molecule has 4 atom stereocenters. The zero-order valence-corrected chi connectivity index (χ0v) is 8.88. The third-order valence-corrected chi connectivity index (χ3v) is 3.62. The highest BCUT2D eigenvalue weighted by Crippen LogP contribution is 2.40. The molecule has 2 aliphatic heterocycles. The highest BCUT2D eigenvalue weighted by atomic mass is 15.0. The van der Waals surface area contributed by atoms with Crippen molar-refractivity contribution >= 4 is 5.84 Å². The highest BCUT2D eigenvalue weighted by Gasteiger charge is 2.39. The molecule has 2 bridgehead atoms. The van der Waals surface area contributed by atoms with Gasteiger partial charge in [0, 0.05) is 12.5 Å². The Hall–Kier alpha value is -0.530. The van der Waals surface area contributed by atoms with Crippen molar-refractivity contribution in [3.63, 3.8) is 0 Å². The largest absolute Gasteiger partial charge is 0.371 e. The molecule has 13 heavy (non-hydrogen) atoms. The summed E-state index contributed by atoms with van der Waals surface area (Å²) in [5, 5.41) is 3.50. The van der Waals surface area contributed by atoms with Gasteiger partial charge >= 0.3 is 0 Å². The van der Waals surface area contributed by atoms with Gasteiger partial charge in [0.25, 0.3) is 0 Å². The standard InChI is InChI=1S/C11H20N2/c1-4-11-12-7(2)5-9-6-10(13-11)8(9)3/h7-10H,4-6H2,1-3H3,(H,12,13). The first-order valence-corrected chi connectivity index (χ1v) is 5.54. The molecular weight excluding hydrogens is 160 g/mol. The topological polar surface area (TPSA) is 24.4 Å². The summed E-state index contributed by atoms with van der Waals surface area (Å²) in [6, 6.07) is 1.24. The number of hydrogen-bond donors (Lipinski definition) is 1. The van der Waals surface area contributed by atoms with Crippen molar-refractivity contribution < 1.29 is 0 Å². The smallest absolute Gasteiger partial charge is 0.0965 e. The average molecular weight is 180 g/mol. The van der Waals surface area contributed by atoms with Gasteiger partial charge in [0.05, 0.1) is 11.9 Å². The molecule has 0 radical (unpaired) electrons. The summed E-state index contributed by atoms with van der Waals surface area (Å²) < 4.78 is 0. The van der Waals surface area contributed by atoms with Gasteiger partial charge < -0.3 is 5.32 Å². The molecule has 2 heterocycles. The van der Waals surface area contributed by atoms with E-state index in [4.69, 9.17) is 4.99 Å². The minimum atomic E-state index is 0.618. The number of aliphatic imine (C=N–C) groups is 1. The van der Waals surface area contributed by atoms with Crippen molar-refractivity contribution in [3.05, 3.63) is 0 Å². The van der Waals surface area contributed by atoms with Gasteiger partial charge in [-0.05, 0) is 31.6 Å². The van der Waals surface area contributed by atoms with Crippen LogP contribution in [0.2, 0.25) is 0 Å². The molecule has 1 aliphatic carbocycles. The van der Waals surface area contributed by atoms with Gasteiger partial charge in [-0.1, -0.05) is 13.8 Å². The van der Waals surface area contributed by atoms with Crippen LogP contribution in [0.5, 0.6) is 0 Å². The van der Waals surface area contributed by atoms with Gasteiger partial charge in [-0.2, -0.15) is 0 Å². The van der Waals surface area contributed by atoms with Crippen molar-refractivity contribution in [1.82, 2.24) is 5.32 Å². The zero-order valence-electron chi connectivity index (χ0n) is 8.88. The maximum atomic E-state index is 4.76. The summed E-state index contributed by atoms with van der Waals surface area (Å²) in [7, 11) is 0. The fourth-order valence-corrected chi connectivity index (χ4v) is 2.57. The van der Waals surface area contributed by atoms with Crippen LogP contribution < -0.4 is 5.32 Å². The molecule has 0 saturated heterocycles. The number of amidine groups is 1. The molecule has 74 valence electrons. The Balaban J connectivity index is 2.13. The van der Waals surface area contributed by atoms with Crippen LogP contribution in [0.1, 0.15) is 40.0 Å². The Labute approximate surface area is 80.8 Å². The fourth-order valence-electron chi connectivity index (χ4n) is 2.57. The van der Waals surface area contributed by atoms with E-state index >= 15 is 0 Å². The number of rotatable bonds is 1. The van der Waals surface area contributed by atoms with Gasteiger partial charge in [0.15, 0.2) is 0 Å². The van der Waals surface area contributed by atoms with Gasteiger partial charge in [-0.15, -0.1) is 0 Å². The van der Waals surface area contributed by atoms with E-state index in [1.807, 2.05) is 0 Å². The third kappa shape index (κ3) is 1.59. The summed E-state index contributed by atoms with van der Waals surface area (Å²) in [5.41, 5.74) is 0. The van der Waals surface area contributed by atoms with Gasteiger partial charge in [0.2, 0.25) is 0 Å². The molecule has 1 N–H and O–H groups in total.